The van der Waals surface area contributed by atoms with Crippen molar-refractivity contribution in [2.75, 3.05) is 0 Å². The maximum Gasteiger partial charge on any atom is 0.157 e. The molecule has 1 rings (SSSR count). The van der Waals surface area contributed by atoms with E-state index >= 15 is 0 Å². The Balaban J connectivity index is 2.43. The summed E-state index contributed by atoms with van der Waals surface area (Å²) in [6, 6.07) is 1.05. The SMILES string of the molecule is CCCC(C)NC1=NC(C)CC(C)S1. The summed E-state index contributed by atoms with van der Waals surface area (Å²) in [7, 11) is 0. The van der Waals surface area contributed by atoms with Gasteiger partial charge in [0, 0.05) is 11.3 Å². The minimum Gasteiger partial charge on any atom is -0.362 e. The van der Waals surface area contributed by atoms with Crippen molar-refractivity contribution in [3.05, 3.63) is 0 Å². The Morgan fingerprint density at radius 1 is 1.57 bits per heavy atom. The Morgan fingerprint density at radius 3 is 2.86 bits per heavy atom. The van der Waals surface area contributed by atoms with Crippen LogP contribution in [0.1, 0.15) is 47.0 Å². The molecule has 2 nitrogen and oxygen atoms in total. The van der Waals surface area contributed by atoms with Crippen LogP contribution in [0, 0.1) is 0 Å². The minimum atomic E-state index is 0.488. The summed E-state index contributed by atoms with van der Waals surface area (Å²) in [5.74, 6) is 0. The second-order valence-corrected chi connectivity index (χ2v) is 5.71. The molecule has 0 amide bonds. The number of hydrogen-bond donors (Lipinski definition) is 1. The molecule has 0 saturated carbocycles. The van der Waals surface area contributed by atoms with Crippen molar-refractivity contribution in [3.63, 3.8) is 0 Å². The first-order chi connectivity index (χ1) is 6.61. The molecule has 1 aliphatic heterocycles. The average Bonchev–Trinajstić information content (AvgIpc) is 2.01. The molecule has 0 aromatic carbocycles. The van der Waals surface area contributed by atoms with Gasteiger partial charge in [-0.25, -0.2) is 0 Å². The smallest absolute Gasteiger partial charge is 0.157 e. The Hall–Kier alpha value is -0.180. The molecule has 0 saturated heterocycles. The van der Waals surface area contributed by atoms with Crippen LogP contribution in [0.2, 0.25) is 0 Å². The van der Waals surface area contributed by atoms with Crippen molar-refractivity contribution in [2.24, 2.45) is 4.99 Å². The van der Waals surface area contributed by atoms with Crippen molar-refractivity contribution in [1.82, 2.24) is 5.32 Å². The molecule has 0 spiro atoms. The fourth-order valence-corrected chi connectivity index (χ4v) is 3.06. The summed E-state index contributed by atoms with van der Waals surface area (Å²) in [5, 5.41) is 5.35. The second-order valence-electron chi connectivity index (χ2n) is 4.28. The van der Waals surface area contributed by atoms with Crippen LogP contribution in [-0.4, -0.2) is 22.5 Å². The first kappa shape index (κ1) is 11.9. The normalized spacial score (nSPS) is 29.6. The summed E-state index contributed by atoms with van der Waals surface area (Å²) >= 11 is 1.88. The van der Waals surface area contributed by atoms with Crippen LogP contribution < -0.4 is 5.32 Å². The topological polar surface area (TPSA) is 24.4 Å². The molecule has 0 aromatic rings. The zero-order valence-electron chi connectivity index (χ0n) is 9.71. The van der Waals surface area contributed by atoms with Gasteiger partial charge in [0.25, 0.3) is 0 Å². The first-order valence-electron chi connectivity index (χ1n) is 5.62. The third-order valence-corrected chi connectivity index (χ3v) is 3.46. The molecule has 1 N–H and O–H groups in total. The Kier molecular flexibility index (Phi) is 4.79. The highest BCUT2D eigenvalue weighted by molar-refractivity contribution is 8.14. The summed E-state index contributed by atoms with van der Waals surface area (Å²) in [6.45, 7) is 8.93. The second kappa shape index (κ2) is 5.64. The molecule has 82 valence electrons. The van der Waals surface area contributed by atoms with Crippen LogP contribution in [0.15, 0.2) is 4.99 Å². The highest BCUT2D eigenvalue weighted by Crippen LogP contribution is 2.24. The van der Waals surface area contributed by atoms with Crippen molar-refractivity contribution in [2.45, 2.75) is 64.3 Å². The molecule has 1 aliphatic rings. The van der Waals surface area contributed by atoms with Gasteiger partial charge in [-0.3, -0.25) is 4.99 Å². The molecule has 0 aromatic heterocycles. The van der Waals surface area contributed by atoms with E-state index < -0.39 is 0 Å². The van der Waals surface area contributed by atoms with Gasteiger partial charge in [0.15, 0.2) is 5.17 Å². The van der Waals surface area contributed by atoms with Gasteiger partial charge < -0.3 is 5.32 Å². The number of aliphatic imine (C=N–C) groups is 1. The van der Waals surface area contributed by atoms with Crippen LogP contribution >= 0.6 is 11.8 Å². The lowest BCUT2D eigenvalue weighted by Crippen LogP contribution is -2.34. The lowest BCUT2D eigenvalue weighted by Gasteiger charge is -2.25. The Morgan fingerprint density at radius 2 is 2.29 bits per heavy atom. The van der Waals surface area contributed by atoms with Gasteiger partial charge in [0.2, 0.25) is 0 Å². The van der Waals surface area contributed by atoms with Crippen molar-refractivity contribution >= 4 is 16.9 Å². The molecule has 0 fully saturated rings. The summed E-state index contributed by atoms with van der Waals surface area (Å²) in [4.78, 5) is 4.62. The van der Waals surface area contributed by atoms with Crippen LogP contribution in [0.5, 0.6) is 0 Å². The Bertz CT molecular complexity index is 203. The molecule has 0 aliphatic carbocycles. The predicted octanol–water partition coefficient (Wildman–Crippen LogP) is 3.03. The molecule has 0 bridgehead atoms. The minimum absolute atomic E-state index is 0.488. The highest BCUT2D eigenvalue weighted by atomic mass is 32.2. The highest BCUT2D eigenvalue weighted by Gasteiger charge is 2.18. The standard InChI is InChI=1S/C11H22N2S/c1-5-6-8(2)12-11-13-9(3)7-10(4)14-11/h8-10H,5-7H2,1-4H3,(H,12,13). The van der Waals surface area contributed by atoms with Crippen LogP contribution in [0.25, 0.3) is 0 Å². The molecular formula is C11H22N2S. The van der Waals surface area contributed by atoms with Crippen molar-refractivity contribution < 1.29 is 0 Å². The van der Waals surface area contributed by atoms with E-state index in [-0.39, 0.29) is 0 Å². The average molecular weight is 214 g/mol. The number of nitrogens with one attached hydrogen (secondary N) is 1. The summed E-state index contributed by atoms with van der Waals surface area (Å²) < 4.78 is 0. The zero-order chi connectivity index (χ0) is 10.6. The van der Waals surface area contributed by atoms with Gasteiger partial charge in [-0.15, -0.1) is 0 Å². The van der Waals surface area contributed by atoms with E-state index in [9.17, 15) is 0 Å². The predicted molar refractivity (Wildman–Crippen MR) is 66.1 cm³/mol. The van der Waals surface area contributed by atoms with E-state index in [4.69, 9.17) is 0 Å². The number of rotatable bonds is 3. The van der Waals surface area contributed by atoms with Gasteiger partial charge in [-0.05, 0) is 26.7 Å². The van der Waals surface area contributed by atoms with E-state index in [1.54, 1.807) is 0 Å². The first-order valence-corrected chi connectivity index (χ1v) is 6.50. The fourth-order valence-electron chi connectivity index (χ4n) is 1.79. The van der Waals surface area contributed by atoms with Crippen LogP contribution in [0.3, 0.4) is 0 Å². The molecule has 3 unspecified atom stereocenters. The van der Waals surface area contributed by atoms with E-state index in [0.717, 1.165) is 5.17 Å². The largest absolute Gasteiger partial charge is 0.362 e. The van der Waals surface area contributed by atoms with Gasteiger partial charge in [0.1, 0.15) is 0 Å². The Labute approximate surface area is 92.0 Å². The number of nitrogens with zero attached hydrogens (tertiary/aromatic N) is 1. The van der Waals surface area contributed by atoms with Gasteiger partial charge in [0.05, 0.1) is 6.04 Å². The lowest BCUT2D eigenvalue weighted by molar-refractivity contribution is 0.589. The fraction of sp³-hybridized carbons (Fsp3) is 0.909. The quantitative estimate of drug-likeness (QED) is 0.781. The summed E-state index contributed by atoms with van der Waals surface area (Å²) in [6.07, 6.45) is 3.66. The van der Waals surface area contributed by atoms with E-state index in [2.05, 4.69) is 38.0 Å². The molecule has 3 atom stereocenters. The number of hydrogen-bond acceptors (Lipinski definition) is 3. The maximum atomic E-state index is 4.62. The number of thioether (sulfide) groups is 1. The van der Waals surface area contributed by atoms with Crippen molar-refractivity contribution in [3.8, 4) is 0 Å². The molecular weight excluding hydrogens is 192 g/mol. The number of amidine groups is 1. The lowest BCUT2D eigenvalue weighted by atomic mass is 10.2. The third-order valence-electron chi connectivity index (χ3n) is 2.42. The van der Waals surface area contributed by atoms with Crippen LogP contribution in [0.4, 0.5) is 0 Å². The molecule has 1 heterocycles. The van der Waals surface area contributed by atoms with Gasteiger partial charge >= 0.3 is 0 Å². The van der Waals surface area contributed by atoms with E-state index in [0.29, 0.717) is 17.3 Å². The van der Waals surface area contributed by atoms with Crippen LogP contribution in [-0.2, 0) is 0 Å². The molecule has 0 radical (unpaired) electrons. The monoisotopic (exact) mass is 214 g/mol. The zero-order valence-corrected chi connectivity index (χ0v) is 10.5. The van der Waals surface area contributed by atoms with Gasteiger partial charge in [-0.2, -0.15) is 0 Å². The van der Waals surface area contributed by atoms with E-state index in [1.165, 1.54) is 19.3 Å². The third kappa shape index (κ3) is 3.91. The summed E-state index contributed by atoms with van der Waals surface area (Å²) in [5.41, 5.74) is 0. The molecule has 3 heteroatoms. The maximum absolute atomic E-state index is 4.62. The van der Waals surface area contributed by atoms with Gasteiger partial charge in [-0.1, -0.05) is 32.0 Å². The van der Waals surface area contributed by atoms with Crippen molar-refractivity contribution in [1.29, 1.82) is 0 Å². The van der Waals surface area contributed by atoms with E-state index in [1.807, 2.05) is 11.8 Å². The molecule has 14 heavy (non-hydrogen) atoms.